The first kappa shape index (κ1) is 19.8. The van der Waals surface area contributed by atoms with Gasteiger partial charge in [-0.05, 0) is 36.4 Å². The van der Waals surface area contributed by atoms with Crippen molar-refractivity contribution in [1.29, 1.82) is 0 Å². The van der Waals surface area contributed by atoms with E-state index in [9.17, 15) is 0 Å². The fraction of sp³-hybridized carbons (Fsp3) is 0. The van der Waals surface area contributed by atoms with Gasteiger partial charge in [0.15, 0.2) is 0 Å². The molecule has 8 heteroatoms. The highest BCUT2D eigenvalue weighted by Gasteiger charge is 2.19. The lowest BCUT2D eigenvalue weighted by Gasteiger charge is -2.17. The van der Waals surface area contributed by atoms with Crippen LogP contribution in [0.5, 0.6) is 17.2 Å². The van der Waals surface area contributed by atoms with Gasteiger partial charge in [0, 0.05) is 4.57 Å². The van der Waals surface area contributed by atoms with Crippen LogP contribution in [0, 0.1) is 0 Å². The molecule has 0 saturated heterocycles. The molecule has 0 aromatic heterocycles. The van der Waals surface area contributed by atoms with Gasteiger partial charge < -0.3 is 13.6 Å². The molecule has 0 aliphatic rings. The lowest BCUT2D eigenvalue weighted by Crippen LogP contribution is -2.02. The fourth-order valence-corrected chi connectivity index (χ4v) is 2.75. The smallest absolute Gasteiger partial charge is 0.409 e. The summed E-state index contributed by atoms with van der Waals surface area (Å²) < 4.78 is 26.2. The number of hydrogen-bond donors (Lipinski definition) is 2. The maximum absolute atomic E-state index is 8.70. The van der Waals surface area contributed by atoms with Crippen LogP contribution in [-0.2, 0) is 4.57 Å². The minimum absolute atomic E-state index is 0.709. The van der Waals surface area contributed by atoms with Crippen LogP contribution in [-0.4, -0.2) is 9.79 Å². The van der Waals surface area contributed by atoms with E-state index in [1.807, 2.05) is 91.0 Å². The van der Waals surface area contributed by atoms with E-state index < -0.39 is 16.9 Å². The number of para-hydroxylation sites is 3. The summed E-state index contributed by atoms with van der Waals surface area (Å²) in [5.74, 6) is 2.13. The normalized spacial score (nSPS) is 9.65. The molecule has 0 fully saturated rings. The summed E-state index contributed by atoms with van der Waals surface area (Å²) in [6.07, 6.45) is 0. The maximum atomic E-state index is 8.70. The molecule has 0 amide bonds. The SMILES string of the molecule is O=[P+](O)O.c1ccc(OP(Oc2ccccc2)Oc2ccccc2)cc1. The van der Waals surface area contributed by atoms with Gasteiger partial charge in [0.05, 0.1) is 0 Å². The third-order valence-electron chi connectivity index (χ3n) is 2.77. The van der Waals surface area contributed by atoms with E-state index in [-0.39, 0.29) is 0 Å². The molecular weight excluding hydrogens is 374 g/mol. The Morgan fingerprint density at radius 1 is 0.577 bits per heavy atom. The van der Waals surface area contributed by atoms with Gasteiger partial charge in [-0.1, -0.05) is 54.6 Å². The van der Waals surface area contributed by atoms with Gasteiger partial charge in [0.25, 0.3) is 0 Å². The van der Waals surface area contributed by atoms with Crippen LogP contribution in [0.3, 0.4) is 0 Å². The van der Waals surface area contributed by atoms with Crippen LogP contribution in [0.15, 0.2) is 91.0 Å². The first-order valence-corrected chi connectivity index (χ1v) is 9.74. The molecule has 0 heterocycles. The van der Waals surface area contributed by atoms with Gasteiger partial charge >= 0.3 is 16.9 Å². The van der Waals surface area contributed by atoms with Crippen LogP contribution in [0.25, 0.3) is 0 Å². The molecule has 6 nitrogen and oxygen atoms in total. The zero-order valence-corrected chi connectivity index (χ0v) is 15.4. The molecule has 2 N–H and O–H groups in total. The highest BCUT2D eigenvalue weighted by Crippen LogP contribution is 2.41. The Bertz CT molecular complexity index is 669. The average Bonchev–Trinajstić information content (AvgIpc) is 2.64. The summed E-state index contributed by atoms with van der Waals surface area (Å²) in [6, 6.07) is 28.5. The van der Waals surface area contributed by atoms with Gasteiger partial charge in [-0.2, -0.15) is 0 Å². The highest BCUT2D eigenvalue weighted by molar-refractivity contribution is 7.43. The Morgan fingerprint density at radius 2 is 0.808 bits per heavy atom. The second-order valence-corrected chi connectivity index (χ2v) is 6.19. The summed E-state index contributed by atoms with van der Waals surface area (Å²) in [4.78, 5) is 14.2. The summed E-state index contributed by atoms with van der Waals surface area (Å²) in [5, 5.41) is 0. The van der Waals surface area contributed by atoms with E-state index in [4.69, 9.17) is 27.9 Å². The number of benzene rings is 3. The highest BCUT2D eigenvalue weighted by atomic mass is 31.2. The monoisotopic (exact) mass is 391 g/mol. The van der Waals surface area contributed by atoms with E-state index in [2.05, 4.69) is 0 Å². The summed E-state index contributed by atoms with van der Waals surface area (Å²) in [6.45, 7) is 0. The Kier molecular flexibility index (Phi) is 8.53. The van der Waals surface area contributed by atoms with Crippen LogP contribution in [0.1, 0.15) is 0 Å². The van der Waals surface area contributed by atoms with Crippen LogP contribution < -0.4 is 13.6 Å². The first-order chi connectivity index (χ1) is 12.6. The van der Waals surface area contributed by atoms with Crippen LogP contribution in [0.4, 0.5) is 0 Å². The molecule has 3 rings (SSSR count). The minimum atomic E-state index is -2.87. The number of hydrogen-bond acceptors (Lipinski definition) is 4. The van der Waals surface area contributed by atoms with Crippen molar-refractivity contribution in [3.8, 4) is 17.2 Å². The van der Waals surface area contributed by atoms with Gasteiger partial charge in [0.1, 0.15) is 17.2 Å². The second kappa shape index (κ2) is 11.2. The molecule has 26 heavy (non-hydrogen) atoms. The molecule has 3 aromatic rings. The van der Waals surface area contributed by atoms with Crippen LogP contribution in [0.2, 0.25) is 0 Å². The van der Waals surface area contributed by atoms with E-state index in [1.54, 1.807) is 0 Å². The molecule has 3 aromatic carbocycles. The van der Waals surface area contributed by atoms with Crippen molar-refractivity contribution in [2.75, 3.05) is 0 Å². The van der Waals surface area contributed by atoms with Gasteiger partial charge in [0.2, 0.25) is 0 Å². The summed E-state index contributed by atoms with van der Waals surface area (Å²) in [7, 11) is -4.46. The van der Waals surface area contributed by atoms with Crippen molar-refractivity contribution in [3.63, 3.8) is 0 Å². The summed E-state index contributed by atoms with van der Waals surface area (Å²) >= 11 is 0. The molecule has 0 aliphatic heterocycles. The summed E-state index contributed by atoms with van der Waals surface area (Å²) in [5.41, 5.74) is 0. The number of rotatable bonds is 6. The zero-order chi connectivity index (χ0) is 18.6. The molecular formula is C18H17O6P2+. The van der Waals surface area contributed by atoms with E-state index >= 15 is 0 Å². The van der Waals surface area contributed by atoms with Gasteiger partial charge in [-0.3, -0.25) is 0 Å². The standard InChI is InChI=1S/C18H15O3P.HO3P/c1-4-10-16(11-5-1)19-22(20-17-12-6-2-7-13-17)21-18-14-8-3-9-15-18;1-4(2)3/h1-15H;(H-,1,2,3)/p+1. The molecule has 0 spiro atoms. The Hall–Kier alpha value is -2.49. The van der Waals surface area contributed by atoms with Crippen molar-refractivity contribution in [3.05, 3.63) is 91.0 Å². The molecule has 0 aliphatic carbocycles. The quantitative estimate of drug-likeness (QED) is 0.570. The van der Waals surface area contributed by atoms with Crippen molar-refractivity contribution < 1.29 is 27.9 Å². The third-order valence-corrected chi connectivity index (χ3v) is 3.85. The van der Waals surface area contributed by atoms with Crippen molar-refractivity contribution in [2.24, 2.45) is 0 Å². The second-order valence-electron chi connectivity index (χ2n) is 4.69. The Labute approximate surface area is 153 Å². The zero-order valence-electron chi connectivity index (χ0n) is 13.6. The molecule has 134 valence electrons. The fourth-order valence-electron chi connectivity index (χ4n) is 1.76. The van der Waals surface area contributed by atoms with E-state index in [0.717, 1.165) is 0 Å². The minimum Gasteiger partial charge on any atom is -0.409 e. The first-order valence-electron chi connectivity index (χ1n) is 7.47. The van der Waals surface area contributed by atoms with E-state index in [0.29, 0.717) is 17.2 Å². The van der Waals surface area contributed by atoms with Crippen molar-refractivity contribution >= 4 is 16.9 Å². The predicted molar refractivity (Wildman–Crippen MR) is 100 cm³/mol. The van der Waals surface area contributed by atoms with Gasteiger partial charge in [-0.15, -0.1) is 9.79 Å². The van der Waals surface area contributed by atoms with E-state index in [1.165, 1.54) is 0 Å². The lowest BCUT2D eigenvalue weighted by atomic mass is 10.3. The molecule has 0 unspecified atom stereocenters. The molecule has 0 bridgehead atoms. The van der Waals surface area contributed by atoms with Gasteiger partial charge in [-0.25, -0.2) is 0 Å². The van der Waals surface area contributed by atoms with Crippen molar-refractivity contribution in [1.82, 2.24) is 0 Å². The topological polar surface area (TPSA) is 85.2 Å². The Morgan fingerprint density at radius 3 is 1.04 bits per heavy atom. The largest absolute Gasteiger partial charge is 0.692 e. The molecule has 0 saturated carbocycles. The average molecular weight is 391 g/mol. The third kappa shape index (κ3) is 8.06. The lowest BCUT2D eigenvalue weighted by molar-refractivity contribution is 0.388. The predicted octanol–water partition coefficient (Wildman–Crippen LogP) is 5.08. The van der Waals surface area contributed by atoms with Crippen LogP contribution >= 0.6 is 16.9 Å². The Balaban J connectivity index is 0.000000552. The molecule has 0 atom stereocenters. The maximum Gasteiger partial charge on any atom is 0.692 e. The van der Waals surface area contributed by atoms with Crippen molar-refractivity contribution in [2.45, 2.75) is 0 Å². The molecule has 0 radical (unpaired) electrons.